The van der Waals surface area contributed by atoms with Crippen molar-refractivity contribution in [2.24, 2.45) is 5.92 Å². The van der Waals surface area contributed by atoms with E-state index in [2.05, 4.69) is 59.2 Å². The van der Waals surface area contributed by atoms with E-state index in [1.807, 2.05) is 0 Å². The van der Waals surface area contributed by atoms with E-state index in [9.17, 15) is 0 Å². The van der Waals surface area contributed by atoms with Crippen LogP contribution < -0.4 is 16.0 Å². The zero-order valence-electron chi connectivity index (χ0n) is 14.1. The van der Waals surface area contributed by atoms with E-state index < -0.39 is 0 Å². The SMILES string of the molecule is Cc1cc(C)cc(Nc2ncnc(N3CCCC(C)C3)c2N)c1. The van der Waals surface area contributed by atoms with Gasteiger partial charge in [-0.25, -0.2) is 9.97 Å². The molecule has 1 fully saturated rings. The van der Waals surface area contributed by atoms with Crippen molar-refractivity contribution in [3.8, 4) is 0 Å². The van der Waals surface area contributed by atoms with E-state index in [0.29, 0.717) is 17.4 Å². The van der Waals surface area contributed by atoms with Crippen LogP contribution in [-0.2, 0) is 0 Å². The number of anilines is 4. The van der Waals surface area contributed by atoms with Gasteiger partial charge in [0.2, 0.25) is 0 Å². The van der Waals surface area contributed by atoms with Crippen LogP contribution in [0.15, 0.2) is 24.5 Å². The van der Waals surface area contributed by atoms with Gasteiger partial charge in [0.05, 0.1) is 0 Å². The summed E-state index contributed by atoms with van der Waals surface area (Å²) in [6.07, 6.45) is 4.05. The van der Waals surface area contributed by atoms with Crippen LogP contribution in [0.1, 0.15) is 30.9 Å². The van der Waals surface area contributed by atoms with Crippen LogP contribution in [-0.4, -0.2) is 23.1 Å². The van der Waals surface area contributed by atoms with Crippen LogP contribution in [0.2, 0.25) is 0 Å². The molecule has 1 atom stereocenters. The highest BCUT2D eigenvalue weighted by atomic mass is 15.2. The molecule has 0 amide bonds. The average Bonchev–Trinajstić information content (AvgIpc) is 2.48. The Kier molecular flexibility index (Phi) is 4.37. The summed E-state index contributed by atoms with van der Waals surface area (Å²) in [5.41, 5.74) is 10.4. The van der Waals surface area contributed by atoms with Crippen molar-refractivity contribution in [3.05, 3.63) is 35.7 Å². The van der Waals surface area contributed by atoms with Gasteiger partial charge in [0.25, 0.3) is 0 Å². The predicted octanol–water partition coefficient (Wildman–Crippen LogP) is 3.66. The van der Waals surface area contributed by atoms with Crippen molar-refractivity contribution >= 4 is 23.0 Å². The van der Waals surface area contributed by atoms with Crippen LogP contribution in [0.25, 0.3) is 0 Å². The van der Waals surface area contributed by atoms with Gasteiger partial charge in [0.1, 0.15) is 12.0 Å². The summed E-state index contributed by atoms with van der Waals surface area (Å²) in [5.74, 6) is 2.20. The second kappa shape index (κ2) is 6.44. The molecule has 1 aliphatic heterocycles. The minimum absolute atomic E-state index is 0.626. The van der Waals surface area contributed by atoms with Gasteiger partial charge >= 0.3 is 0 Å². The van der Waals surface area contributed by atoms with Crippen molar-refractivity contribution in [1.82, 2.24) is 9.97 Å². The third-order valence-electron chi connectivity index (χ3n) is 4.30. The summed E-state index contributed by atoms with van der Waals surface area (Å²) < 4.78 is 0. The molecule has 1 unspecified atom stereocenters. The summed E-state index contributed by atoms with van der Waals surface area (Å²) in [7, 11) is 0. The molecule has 0 radical (unpaired) electrons. The Hall–Kier alpha value is -2.30. The third-order valence-corrected chi connectivity index (χ3v) is 4.30. The molecular weight excluding hydrogens is 286 g/mol. The summed E-state index contributed by atoms with van der Waals surface area (Å²) in [5, 5.41) is 3.34. The van der Waals surface area contributed by atoms with Crippen LogP contribution in [0.4, 0.5) is 23.0 Å². The van der Waals surface area contributed by atoms with Gasteiger partial charge < -0.3 is 16.0 Å². The number of aromatic nitrogens is 2. The lowest BCUT2D eigenvalue weighted by Gasteiger charge is -2.32. The van der Waals surface area contributed by atoms with Gasteiger partial charge in [0.15, 0.2) is 11.6 Å². The standard InChI is InChI=1S/C18H25N5/c1-12-5-4-6-23(10-12)18-16(19)17(20-11-21-18)22-15-8-13(2)7-14(3)9-15/h7-9,11-12H,4-6,10,19H2,1-3H3,(H,20,21,22). The number of aryl methyl sites for hydroxylation is 2. The van der Waals surface area contributed by atoms with Gasteiger partial charge in [-0.2, -0.15) is 0 Å². The van der Waals surface area contributed by atoms with E-state index in [1.54, 1.807) is 6.33 Å². The minimum atomic E-state index is 0.626. The highest BCUT2D eigenvalue weighted by Gasteiger charge is 2.21. The van der Waals surface area contributed by atoms with Gasteiger partial charge in [-0.05, 0) is 55.9 Å². The average molecular weight is 311 g/mol. The Morgan fingerprint density at radius 1 is 1.17 bits per heavy atom. The first-order chi connectivity index (χ1) is 11.0. The van der Waals surface area contributed by atoms with Crippen LogP contribution >= 0.6 is 0 Å². The van der Waals surface area contributed by atoms with Gasteiger partial charge in [-0.1, -0.05) is 13.0 Å². The topological polar surface area (TPSA) is 67.1 Å². The molecule has 0 spiro atoms. The van der Waals surface area contributed by atoms with Crippen molar-refractivity contribution in [3.63, 3.8) is 0 Å². The van der Waals surface area contributed by atoms with Gasteiger partial charge in [0, 0.05) is 18.8 Å². The number of nitrogens with one attached hydrogen (secondary N) is 1. The maximum Gasteiger partial charge on any atom is 0.159 e. The van der Waals surface area contributed by atoms with Crippen LogP contribution in [0, 0.1) is 19.8 Å². The first-order valence-electron chi connectivity index (χ1n) is 8.23. The fraction of sp³-hybridized carbons (Fsp3) is 0.444. The van der Waals surface area contributed by atoms with Crippen molar-refractivity contribution in [1.29, 1.82) is 0 Å². The molecule has 1 aliphatic rings. The molecule has 5 nitrogen and oxygen atoms in total. The molecule has 122 valence electrons. The maximum absolute atomic E-state index is 6.35. The van der Waals surface area contributed by atoms with Gasteiger partial charge in [-0.15, -0.1) is 0 Å². The number of benzene rings is 1. The number of hydrogen-bond acceptors (Lipinski definition) is 5. The Balaban J connectivity index is 1.87. The molecule has 1 saturated heterocycles. The summed E-state index contributed by atoms with van der Waals surface area (Å²) >= 11 is 0. The molecule has 2 heterocycles. The lowest BCUT2D eigenvalue weighted by Crippen LogP contribution is -2.35. The molecule has 0 aliphatic carbocycles. The number of nitrogens with two attached hydrogens (primary N) is 1. The normalized spacial score (nSPS) is 18.0. The minimum Gasteiger partial charge on any atom is -0.393 e. The molecule has 2 aromatic rings. The molecule has 1 aromatic carbocycles. The number of piperidine rings is 1. The number of rotatable bonds is 3. The maximum atomic E-state index is 6.35. The lowest BCUT2D eigenvalue weighted by molar-refractivity contribution is 0.445. The first-order valence-corrected chi connectivity index (χ1v) is 8.23. The Bertz CT molecular complexity index is 678. The fourth-order valence-electron chi connectivity index (χ4n) is 3.30. The van der Waals surface area contributed by atoms with Crippen LogP contribution in [0.3, 0.4) is 0 Å². The number of hydrogen-bond donors (Lipinski definition) is 2. The second-order valence-corrected chi connectivity index (χ2v) is 6.65. The highest BCUT2D eigenvalue weighted by Crippen LogP contribution is 2.31. The highest BCUT2D eigenvalue weighted by molar-refractivity contribution is 5.78. The quantitative estimate of drug-likeness (QED) is 0.905. The van der Waals surface area contributed by atoms with Crippen molar-refractivity contribution < 1.29 is 0 Å². The van der Waals surface area contributed by atoms with E-state index >= 15 is 0 Å². The monoisotopic (exact) mass is 311 g/mol. The smallest absolute Gasteiger partial charge is 0.159 e. The first kappa shape index (κ1) is 15.6. The molecule has 1 aromatic heterocycles. The van der Waals surface area contributed by atoms with Gasteiger partial charge in [-0.3, -0.25) is 0 Å². The molecule has 23 heavy (non-hydrogen) atoms. The van der Waals surface area contributed by atoms with E-state index in [4.69, 9.17) is 5.73 Å². The molecule has 0 bridgehead atoms. The molecular formula is C18H25N5. The predicted molar refractivity (Wildman–Crippen MR) is 96.3 cm³/mol. The zero-order valence-corrected chi connectivity index (χ0v) is 14.1. The van der Waals surface area contributed by atoms with Crippen LogP contribution in [0.5, 0.6) is 0 Å². The molecule has 0 saturated carbocycles. The largest absolute Gasteiger partial charge is 0.393 e. The summed E-state index contributed by atoms with van der Waals surface area (Å²) in [4.78, 5) is 11.0. The van der Waals surface area contributed by atoms with Crippen molar-refractivity contribution in [2.45, 2.75) is 33.6 Å². The summed E-state index contributed by atoms with van der Waals surface area (Å²) in [6.45, 7) is 8.46. The van der Waals surface area contributed by atoms with E-state index in [-0.39, 0.29) is 0 Å². The Labute approximate surface area is 137 Å². The molecule has 3 rings (SSSR count). The van der Waals surface area contributed by atoms with E-state index in [0.717, 1.165) is 24.6 Å². The van der Waals surface area contributed by atoms with E-state index in [1.165, 1.54) is 24.0 Å². The fourth-order valence-corrected chi connectivity index (χ4v) is 3.30. The van der Waals surface area contributed by atoms with Crippen molar-refractivity contribution in [2.75, 3.05) is 29.0 Å². The zero-order chi connectivity index (χ0) is 16.4. The molecule has 3 N–H and O–H groups in total. The Morgan fingerprint density at radius 2 is 1.91 bits per heavy atom. The second-order valence-electron chi connectivity index (χ2n) is 6.65. The Morgan fingerprint density at radius 3 is 2.61 bits per heavy atom. The molecule has 5 heteroatoms. The lowest BCUT2D eigenvalue weighted by atomic mass is 10.0. The number of nitrogen functional groups attached to an aromatic ring is 1. The summed E-state index contributed by atoms with van der Waals surface area (Å²) in [6, 6.07) is 6.34. The number of nitrogens with zero attached hydrogens (tertiary/aromatic N) is 3. The third kappa shape index (κ3) is 3.55.